The number of carbonyl (C=O) groups is 4. The first-order valence-corrected chi connectivity index (χ1v) is 18.8. The smallest absolute Gasteiger partial charge is 0.340 e. The summed E-state index contributed by atoms with van der Waals surface area (Å²) in [4.78, 5) is 53.7. The molecule has 1 spiro atoms. The van der Waals surface area contributed by atoms with Crippen molar-refractivity contribution in [1.82, 2.24) is 4.90 Å². The van der Waals surface area contributed by atoms with E-state index in [9.17, 15) is 29.4 Å². The molecule has 1 amide bonds. The number of likely N-dealkylation sites (tertiary alicyclic amines) is 1. The molecule has 53 heavy (non-hydrogen) atoms. The van der Waals surface area contributed by atoms with Crippen LogP contribution in [0.3, 0.4) is 0 Å². The molecule has 3 N–H and O–H groups in total. The van der Waals surface area contributed by atoms with Crippen molar-refractivity contribution < 1.29 is 57.8 Å². The van der Waals surface area contributed by atoms with Gasteiger partial charge in [0.25, 0.3) is 0 Å². The Labute approximate surface area is 310 Å². The van der Waals surface area contributed by atoms with Crippen molar-refractivity contribution in [3.8, 4) is 0 Å². The zero-order valence-corrected chi connectivity index (χ0v) is 31.7. The van der Waals surface area contributed by atoms with Crippen LogP contribution in [0.15, 0.2) is 24.3 Å². The third-order valence-corrected chi connectivity index (χ3v) is 14.4. The van der Waals surface area contributed by atoms with Crippen LogP contribution in [0.1, 0.15) is 63.2 Å². The van der Waals surface area contributed by atoms with Crippen molar-refractivity contribution in [3.05, 3.63) is 29.8 Å². The Bertz CT molecular complexity index is 1640. The molecule has 0 aromatic heterocycles. The number of esters is 3. The number of benzene rings is 1. The van der Waals surface area contributed by atoms with Gasteiger partial charge in [0.2, 0.25) is 5.91 Å². The summed E-state index contributed by atoms with van der Waals surface area (Å²) in [6.07, 6.45) is -0.504. The Hall–Kier alpha value is -3.14. The number of hydrogen-bond donors (Lipinski definition) is 3. The maximum absolute atomic E-state index is 14.0. The van der Waals surface area contributed by atoms with Crippen LogP contribution < -0.4 is 5.32 Å². The topological polar surface area (TPSA) is 179 Å². The van der Waals surface area contributed by atoms with Gasteiger partial charge in [-0.15, -0.1) is 0 Å². The molecule has 7 bridgehead atoms. The van der Waals surface area contributed by atoms with Crippen LogP contribution in [0.4, 0.5) is 5.69 Å². The average Bonchev–Trinajstić information content (AvgIpc) is 3.53. The fraction of sp³-hybridized carbons (Fsp3) is 0.744. The van der Waals surface area contributed by atoms with Gasteiger partial charge in [-0.2, -0.15) is 0 Å². The first-order valence-electron chi connectivity index (χ1n) is 18.8. The number of piperidine rings is 1. The molecule has 5 saturated carbocycles. The monoisotopic (exact) mass is 742 g/mol. The van der Waals surface area contributed by atoms with Crippen LogP contribution in [-0.2, 0) is 42.8 Å². The van der Waals surface area contributed by atoms with E-state index in [1.165, 1.54) is 14.0 Å². The Morgan fingerprint density at radius 3 is 2.43 bits per heavy atom. The second kappa shape index (κ2) is 13.6. The Kier molecular flexibility index (Phi) is 9.76. The van der Waals surface area contributed by atoms with Gasteiger partial charge in [-0.3, -0.25) is 19.3 Å². The van der Waals surface area contributed by atoms with Crippen molar-refractivity contribution in [1.29, 1.82) is 0 Å². The fourth-order valence-electron chi connectivity index (χ4n) is 12.8. The van der Waals surface area contributed by atoms with E-state index in [0.717, 1.165) is 0 Å². The highest BCUT2D eigenvalue weighted by atomic mass is 16.6. The van der Waals surface area contributed by atoms with Crippen LogP contribution in [-0.4, -0.2) is 129 Å². The molecule has 6 aliphatic rings. The minimum atomic E-state index is -1.82. The summed E-state index contributed by atoms with van der Waals surface area (Å²) in [7, 11) is 6.11. The third kappa shape index (κ3) is 5.11. The number of methoxy groups -OCH3 is 4. The summed E-state index contributed by atoms with van der Waals surface area (Å²) in [6.45, 7) is 6.01. The molecular formula is C39H54N2O12. The van der Waals surface area contributed by atoms with E-state index in [4.69, 9.17) is 28.4 Å². The average molecular weight is 743 g/mol. The van der Waals surface area contributed by atoms with Crippen molar-refractivity contribution >= 4 is 29.5 Å². The second-order valence-corrected chi connectivity index (χ2v) is 16.4. The van der Waals surface area contributed by atoms with Crippen LogP contribution in [0.25, 0.3) is 0 Å². The van der Waals surface area contributed by atoms with E-state index >= 15 is 0 Å². The molecule has 0 unspecified atom stereocenters. The second-order valence-electron chi connectivity index (χ2n) is 16.4. The summed E-state index contributed by atoms with van der Waals surface area (Å²) in [5.41, 5.74) is -4.63. The highest BCUT2D eigenvalue weighted by molar-refractivity contribution is 6.02. The molecule has 1 aliphatic heterocycles. The molecule has 6 fully saturated rings. The normalized spacial score (nSPS) is 42.4. The highest BCUT2D eigenvalue weighted by Gasteiger charge is 2.92. The Morgan fingerprint density at radius 2 is 1.79 bits per heavy atom. The lowest BCUT2D eigenvalue weighted by Gasteiger charge is -2.70. The Balaban J connectivity index is 1.28. The predicted molar refractivity (Wildman–Crippen MR) is 187 cm³/mol. The molecule has 1 heterocycles. The van der Waals surface area contributed by atoms with Gasteiger partial charge in [0, 0.05) is 75.7 Å². The Morgan fingerprint density at radius 1 is 1.06 bits per heavy atom. The van der Waals surface area contributed by atoms with Crippen LogP contribution in [0.5, 0.6) is 0 Å². The number of fused-ring (bicyclic) bond motifs is 2. The van der Waals surface area contributed by atoms with Gasteiger partial charge in [-0.1, -0.05) is 26.0 Å². The maximum atomic E-state index is 14.0. The van der Waals surface area contributed by atoms with Gasteiger partial charge in [0.15, 0.2) is 0 Å². The molecule has 14 heteroatoms. The number of ether oxygens (including phenoxy) is 6. The molecule has 5 aliphatic carbocycles. The zero-order chi connectivity index (χ0) is 38.2. The van der Waals surface area contributed by atoms with E-state index in [0.29, 0.717) is 32.4 Å². The van der Waals surface area contributed by atoms with Crippen LogP contribution >= 0.6 is 0 Å². The van der Waals surface area contributed by atoms with Crippen LogP contribution in [0, 0.1) is 40.4 Å². The number of rotatable bonds is 12. The number of carbonyl (C=O) groups excluding carboxylic acids is 4. The number of likely N-dealkylation sites (N-methyl/N-ethyl adjacent to an activating group) is 1. The molecule has 1 saturated heterocycles. The van der Waals surface area contributed by atoms with E-state index in [-0.39, 0.29) is 48.6 Å². The van der Waals surface area contributed by atoms with Crippen molar-refractivity contribution in [2.45, 2.75) is 94.5 Å². The molecule has 1 aromatic carbocycles. The van der Waals surface area contributed by atoms with Crippen molar-refractivity contribution in [3.63, 3.8) is 0 Å². The standard InChI is InChI=1S/C39H54N2O12/c1-8-41-18-36(19-52-34(45)22-11-9-10-12-25(22)40-33(44)20(2)15-28(43)50-6)14-13-27(49-5)38-24-16-23-26(48-4)17-37(46,29(24)30(23)53-21(3)42)39(47,35(38)41)32(51-7)31(36)38/h9-12,20,23-24,26-27,29-32,35,46-47H,8,13-19H2,1-7H3,(H,40,44)/t20-,23-,24-,26+,27+,29-,30+,31-,32+,35+,36+,37-,38+,39-/m1/s1. The van der Waals surface area contributed by atoms with Crippen molar-refractivity contribution in [2.75, 3.05) is 53.5 Å². The first kappa shape index (κ1) is 38.1. The highest BCUT2D eigenvalue weighted by Crippen LogP contribution is 2.80. The summed E-state index contributed by atoms with van der Waals surface area (Å²) < 4.78 is 35.8. The largest absolute Gasteiger partial charge is 0.469 e. The molecule has 7 rings (SSSR count). The molecule has 14 atom stereocenters. The van der Waals surface area contributed by atoms with Gasteiger partial charge < -0.3 is 44.0 Å². The SMILES string of the molecule is CCN1C[C@]2(COC(=O)c3ccccc3NC(=O)[C@H](C)CC(=O)OC)CC[C@H](OC)[C@@]34[C@@H]5C[C@H]6[C@H](OC(C)=O)[C@@H]5[C@](O)(C[C@@H]6OC)[C@@](O)([C@@H](OC)[C@H]23)[C@@H]14. The number of anilines is 1. The number of amides is 1. The zero-order valence-electron chi connectivity index (χ0n) is 31.7. The number of nitrogens with zero attached hydrogens (tertiary/aromatic N) is 1. The molecule has 14 nitrogen and oxygen atoms in total. The van der Waals surface area contributed by atoms with Gasteiger partial charge in [0.1, 0.15) is 17.3 Å². The lowest BCUT2D eigenvalue weighted by atomic mass is 9.42. The summed E-state index contributed by atoms with van der Waals surface area (Å²) in [5.74, 6) is -4.19. The summed E-state index contributed by atoms with van der Waals surface area (Å²) in [6, 6.07) is 6.01. The van der Waals surface area contributed by atoms with Crippen molar-refractivity contribution in [2.24, 2.45) is 40.4 Å². The lowest BCUT2D eigenvalue weighted by molar-refractivity contribution is -0.319. The fourth-order valence-corrected chi connectivity index (χ4v) is 12.8. The van der Waals surface area contributed by atoms with Gasteiger partial charge in [-0.25, -0.2) is 4.79 Å². The minimum Gasteiger partial charge on any atom is -0.469 e. The third-order valence-electron chi connectivity index (χ3n) is 14.4. The quantitative estimate of drug-likeness (QED) is 0.210. The van der Waals surface area contributed by atoms with Gasteiger partial charge >= 0.3 is 17.9 Å². The van der Waals surface area contributed by atoms with E-state index in [2.05, 4.69) is 10.2 Å². The number of hydrogen-bond acceptors (Lipinski definition) is 13. The molecular weight excluding hydrogens is 688 g/mol. The minimum absolute atomic E-state index is 0.0117. The van der Waals surface area contributed by atoms with Gasteiger partial charge in [0.05, 0.1) is 55.7 Å². The summed E-state index contributed by atoms with van der Waals surface area (Å²) in [5, 5.41) is 29.5. The van der Waals surface area contributed by atoms with E-state index in [1.54, 1.807) is 52.5 Å². The number of nitrogens with one attached hydrogen (secondary N) is 1. The van der Waals surface area contributed by atoms with E-state index in [1.807, 2.05) is 6.92 Å². The lowest BCUT2D eigenvalue weighted by Crippen LogP contribution is -2.82. The molecule has 0 radical (unpaired) electrons. The molecule has 1 aromatic rings. The maximum Gasteiger partial charge on any atom is 0.340 e. The number of para-hydroxylation sites is 1. The van der Waals surface area contributed by atoms with E-state index < -0.39 is 88.0 Å². The molecule has 292 valence electrons. The number of aliphatic hydroxyl groups is 2. The van der Waals surface area contributed by atoms with Crippen LogP contribution in [0.2, 0.25) is 0 Å². The van der Waals surface area contributed by atoms with Gasteiger partial charge in [-0.05, 0) is 43.9 Å². The summed E-state index contributed by atoms with van der Waals surface area (Å²) >= 11 is 0. The predicted octanol–water partition coefficient (Wildman–Crippen LogP) is 2.19. The first-order chi connectivity index (χ1) is 25.2.